The van der Waals surface area contributed by atoms with Crippen molar-refractivity contribution in [1.82, 2.24) is 0 Å². The Balaban J connectivity index is 2.81. The van der Waals surface area contributed by atoms with Crippen LogP contribution < -0.4 is 9.47 Å². The van der Waals surface area contributed by atoms with Gasteiger partial charge in [-0.15, -0.1) is 0 Å². The molecule has 19 heavy (non-hydrogen) atoms. The number of hydrogen-bond donors (Lipinski definition) is 0. The zero-order valence-corrected chi connectivity index (χ0v) is 13.0. The zero-order chi connectivity index (χ0) is 14.3. The zero-order valence-electron chi connectivity index (χ0n) is 13.0. The van der Waals surface area contributed by atoms with Gasteiger partial charge in [0.2, 0.25) is 0 Å². The highest BCUT2D eigenvalue weighted by Gasteiger charge is 2.10. The monoisotopic (exact) mass is 264 g/mol. The summed E-state index contributed by atoms with van der Waals surface area (Å²) in [5.74, 6) is 1.85. The molecular formula is C17H28O2. The predicted molar refractivity (Wildman–Crippen MR) is 81.2 cm³/mol. The van der Waals surface area contributed by atoms with Gasteiger partial charge in [-0.1, -0.05) is 27.7 Å². The molecule has 0 aliphatic carbocycles. The summed E-state index contributed by atoms with van der Waals surface area (Å²) in [4.78, 5) is 0. The van der Waals surface area contributed by atoms with Crippen LogP contribution in [0.3, 0.4) is 0 Å². The van der Waals surface area contributed by atoms with Gasteiger partial charge < -0.3 is 9.47 Å². The number of benzene rings is 1. The van der Waals surface area contributed by atoms with Crippen molar-refractivity contribution in [3.8, 4) is 11.5 Å². The second-order valence-corrected chi connectivity index (χ2v) is 5.09. The van der Waals surface area contributed by atoms with Gasteiger partial charge in [0.1, 0.15) is 11.5 Å². The quantitative estimate of drug-likeness (QED) is 0.648. The fourth-order valence-corrected chi connectivity index (χ4v) is 2.15. The first-order valence-electron chi connectivity index (χ1n) is 7.57. The third-order valence-electron chi connectivity index (χ3n) is 3.45. The lowest BCUT2D eigenvalue weighted by Crippen LogP contribution is -2.15. The molecule has 1 rings (SSSR count). The van der Waals surface area contributed by atoms with Crippen LogP contribution in [0.25, 0.3) is 0 Å². The molecule has 0 aromatic heterocycles. The minimum Gasteiger partial charge on any atom is -0.490 e. The Hall–Kier alpha value is -1.18. The number of aryl methyl sites for hydroxylation is 1. The number of hydrogen-bond acceptors (Lipinski definition) is 2. The van der Waals surface area contributed by atoms with E-state index in [1.54, 1.807) is 0 Å². The van der Waals surface area contributed by atoms with Gasteiger partial charge >= 0.3 is 0 Å². The Kier molecular flexibility index (Phi) is 6.75. The summed E-state index contributed by atoms with van der Waals surface area (Å²) in [5.41, 5.74) is 1.18. The van der Waals surface area contributed by atoms with E-state index in [2.05, 4.69) is 46.8 Å². The van der Waals surface area contributed by atoms with E-state index in [4.69, 9.17) is 9.47 Å². The van der Waals surface area contributed by atoms with E-state index < -0.39 is 0 Å². The summed E-state index contributed by atoms with van der Waals surface area (Å²) in [6.45, 7) is 10.7. The lowest BCUT2D eigenvalue weighted by atomic mass is 10.2. The van der Waals surface area contributed by atoms with Gasteiger partial charge in [0.05, 0.1) is 12.2 Å². The molecule has 108 valence electrons. The van der Waals surface area contributed by atoms with E-state index in [1.807, 2.05) is 6.07 Å². The molecule has 2 heteroatoms. The molecule has 0 aliphatic heterocycles. The van der Waals surface area contributed by atoms with Crippen molar-refractivity contribution in [1.29, 1.82) is 0 Å². The Labute approximate surface area is 118 Å². The first-order valence-corrected chi connectivity index (χ1v) is 7.57. The first-order chi connectivity index (χ1) is 9.12. The predicted octanol–water partition coefficient (Wildman–Crippen LogP) is 5.13. The number of rotatable bonds is 8. The van der Waals surface area contributed by atoms with Crippen molar-refractivity contribution in [2.75, 3.05) is 0 Å². The van der Waals surface area contributed by atoms with Crippen molar-refractivity contribution in [2.45, 2.75) is 72.5 Å². The Morgan fingerprint density at radius 3 is 1.42 bits per heavy atom. The molecule has 1 aromatic rings. The highest BCUT2D eigenvalue weighted by Crippen LogP contribution is 2.26. The van der Waals surface area contributed by atoms with Gasteiger partial charge in [0, 0.05) is 6.07 Å². The van der Waals surface area contributed by atoms with Gasteiger partial charge in [-0.3, -0.25) is 0 Å². The second kappa shape index (κ2) is 8.08. The molecular weight excluding hydrogens is 236 g/mol. The van der Waals surface area contributed by atoms with Crippen LogP contribution in [0.2, 0.25) is 0 Å². The second-order valence-electron chi connectivity index (χ2n) is 5.09. The largest absolute Gasteiger partial charge is 0.490 e. The molecule has 0 saturated heterocycles. The summed E-state index contributed by atoms with van der Waals surface area (Å²) in [5, 5.41) is 0. The third kappa shape index (κ3) is 5.14. The molecule has 0 aliphatic rings. The maximum atomic E-state index is 6.00. The Morgan fingerprint density at radius 1 is 0.737 bits per heavy atom. The fraction of sp³-hybridized carbons (Fsp3) is 0.647. The molecule has 0 spiro atoms. The minimum absolute atomic E-state index is 0.294. The average molecular weight is 264 g/mol. The van der Waals surface area contributed by atoms with Gasteiger partial charge in [-0.2, -0.15) is 0 Å². The van der Waals surface area contributed by atoms with E-state index in [-0.39, 0.29) is 0 Å². The molecule has 2 nitrogen and oxygen atoms in total. The fourth-order valence-electron chi connectivity index (χ4n) is 2.15. The highest BCUT2D eigenvalue weighted by atomic mass is 16.5. The molecule has 0 radical (unpaired) electrons. The summed E-state index contributed by atoms with van der Waals surface area (Å²) in [6, 6.07) is 6.18. The summed E-state index contributed by atoms with van der Waals surface area (Å²) < 4.78 is 12.0. The molecule has 0 saturated carbocycles. The lowest BCUT2D eigenvalue weighted by molar-refractivity contribution is 0.181. The lowest BCUT2D eigenvalue weighted by Gasteiger charge is -2.19. The molecule has 0 heterocycles. The van der Waals surface area contributed by atoms with Crippen LogP contribution in [0.1, 0.15) is 58.9 Å². The molecule has 0 N–H and O–H groups in total. The van der Waals surface area contributed by atoms with Crippen LogP contribution >= 0.6 is 0 Å². The van der Waals surface area contributed by atoms with Crippen LogP contribution in [-0.2, 0) is 0 Å². The van der Waals surface area contributed by atoms with Gasteiger partial charge in [0.25, 0.3) is 0 Å². The van der Waals surface area contributed by atoms with Crippen molar-refractivity contribution in [3.05, 3.63) is 23.8 Å². The maximum absolute atomic E-state index is 6.00. The molecule has 0 amide bonds. The average Bonchev–Trinajstić information content (AvgIpc) is 2.41. The van der Waals surface area contributed by atoms with Crippen LogP contribution in [0, 0.1) is 6.92 Å². The third-order valence-corrected chi connectivity index (χ3v) is 3.45. The van der Waals surface area contributed by atoms with E-state index in [1.165, 1.54) is 5.56 Å². The van der Waals surface area contributed by atoms with Crippen LogP contribution in [-0.4, -0.2) is 12.2 Å². The molecule has 0 unspecified atom stereocenters. The Bertz CT molecular complexity index is 333. The first kappa shape index (κ1) is 15.9. The van der Waals surface area contributed by atoms with Gasteiger partial charge in [0.15, 0.2) is 0 Å². The van der Waals surface area contributed by atoms with Crippen molar-refractivity contribution >= 4 is 0 Å². The minimum atomic E-state index is 0.294. The van der Waals surface area contributed by atoms with E-state index in [9.17, 15) is 0 Å². The van der Waals surface area contributed by atoms with Crippen LogP contribution in [0.15, 0.2) is 18.2 Å². The summed E-state index contributed by atoms with van der Waals surface area (Å²) in [7, 11) is 0. The van der Waals surface area contributed by atoms with E-state index in [0.717, 1.165) is 37.2 Å². The molecule has 1 aromatic carbocycles. The Morgan fingerprint density at radius 2 is 1.11 bits per heavy atom. The SMILES string of the molecule is CCC(CC)Oc1cc(C)cc(OC(CC)CC)c1. The normalized spacial score (nSPS) is 11.1. The van der Waals surface area contributed by atoms with Crippen LogP contribution in [0.4, 0.5) is 0 Å². The highest BCUT2D eigenvalue weighted by molar-refractivity contribution is 5.38. The summed E-state index contributed by atoms with van der Waals surface area (Å²) >= 11 is 0. The standard InChI is InChI=1S/C17H28O2/c1-6-14(7-2)18-16-10-13(5)11-17(12-16)19-15(8-3)9-4/h10-12,14-15H,6-9H2,1-5H3. The number of ether oxygens (including phenoxy) is 2. The van der Waals surface area contributed by atoms with Crippen molar-refractivity contribution in [3.63, 3.8) is 0 Å². The molecule has 0 fully saturated rings. The van der Waals surface area contributed by atoms with Crippen LogP contribution in [0.5, 0.6) is 11.5 Å². The maximum Gasteiger partial charge on any atom is 0.123 e. The smallest absolute Gasteiger partial charge is 0.123 e. The summed E-state index contributed by atoms with van der Waals surface area (Å²) in [6.07, 6.45) is 4.73. The van der Waals surface area contributed by atoms with E-state index >= 15 is 0 Å². The van der Waals surface area contributed by atoms with Crippen molar-refractivity contribution in [2.24, 2.45) is 0 Å². The molecule has 0 bridgehead atoms. The molecule has 0 atom stereocenters. The van der Waals surface area contributed by atoms with Crippen molar-refractivity contribution < 1.29 is 9.47 Å². The topological polar surface area (TPSA) is 18.5 Å². The van der Waals surface area contributed by atoms with Gasteiger partial charge in [-0.25, -0.2) is 0 Å². The van der Waals surface area contributed by atoms with Gasteiger partial charge in [-0.05, 0) is 50.3 Å². The van der Waals surface area contributed by atoms with E-state index in [0.29, 0.717) is 12.2 Å².